The molecule has 3 rings (SSSR count). The van der Waals surface area contributed by atoms with E-state index < -0.39 is 0 Å². The third-order valence-corrected chi connectivity index (χ3v) is 4.14. The highest BCUT2D eigenvalue weighted by Crippen LogP contribution is 2.22. The summed E-state index contributed by atoms with van der Waals surface area (Å²) in [4.78, 5) is 21.9. The topological polar surface area (TPSA) is 66.9 Å². The Labute approximate surface area is 159 Å². The average Bonchev–Trinajstić information content (AvgIpc) is 2.69. The van der Waals surface area contributed by atoms with Crippen molar-refractivity contribution in [2.75, 3.05) is 17.2 Å². The summed E-state index contributed by atoms with van der Waals surface area (Å²) >= 11 is 0. The lowest BCUT2D eigenvalue weighted by atomic mass is 10.1. The number of hydrogen-bond donors (Lipinski definition) is 2. The number of nitrogens with zero attached hydrogens (tertiary/aromatic N) is 2. The van der Waals surface area contributed by atoms with Crippen LogP contribution in [0.25, 0.3) is 11.4 Å². The van der Waals surface area contributed by atoms with E-state index in [0.717, 1.165) is 22.4 Å². The highest BCUT2D eigenvalue weighted by atomic mass is 16.1. The van der Waals surface area contributed by atoms with Gasteiger partial charge in [-0.05, 0) is 25.0 Å². The predicted octanol–water partition coefficient (Wildman–Crippen LogP) is 4.61. The molecule has 0 spiro atoms. The molecule has 5 nitrogen and oxygen atoms in total. The van der Waals surface area contributed by atoms with Gasteiger partial charge in [-0.15, -0.1) is 6.58 Å². The molecule has 0 unspecified atom stereocenters. The molecule has 1 amide bonds. The van der Waals surface area contributed by atoms with Gasteiger partial charge in [0, 0.05) is 23.9 Å². The Kier molecular flexibility index (Phi) is 5.61. The van der Waals surface area contributed by atoms with Crippen molar-refractivity contribution in [3.63, 3.8) is 0 Å². The molecule has 5 heteroatoms. The van der Waals surface area contributed by atoms with E-state index in [1.165, 1.54) is 0 Å². The highest BCUT2D eigenvalue weighted by Gasteiger charge is 2.15. The second kappa shape index (κ2) is 8.27. The van der Waals surface area contributed by atoms with Gasteiger partial charge in [-0.25, -0.2) is 9.97 Å². The number of nitrogens with one attached hydrogen (secondary N) is 2. The Morgan fingerprint density at radius 1 is 1.04 bits per heavy atom. The third kappa shape index (κ3) is 4.39. The second-order valence-electron chi connectivity index (χ2n) is 6.22. The molecule has 2 aromatic carbocycles. The van der Waals surface area contributed by atoms with Gasteiger partial charge in [0.2, 0.25) is 0 Å². The van der Waals surface area contributed by atoms with E-state index in [1.54, 1.807) is 12.1 Å². The molecule has 1 heterocycles. The maximum atomic E-state index is 12.9. The van der Waals surface area contributed by atoms with E-state index in [9.17, 15) is 4.79 Å². The second-order valence-corrected chi connectivity index (χ2v) is 6.22. The maximum absolute atomic E-state index is 12.9. The lowest BCUT2D eigenvalue weighted by Crippen LogP contribution is -2.17. The number of hydrogen-bond acceptors (Lipinski definition) is 4. The fraction of sp³-hybridized carbons (Fsp3) is 0.136. The van der Waals surface area contributed by atoms with Crippen molar-refractivity contribution in [1.82, 2.24) is 9.97 Å². The molecule has 0 aliphatic heterocycles. The summed E-state index contributed by atoms with van der Waals surface area (Å²) in [5.41, 5.74) is 3.97. The van der Waals surface area contributed by atoms with Crippen molar-refractivity contribution in [3.8, 4) is 11.4 Å². The first-order valence-electron chi connectivity index (χ1n) is 8.75. The van der Waals surface area contributed by atoms with Gasteiger partial charge in [0.15, 0.2) is 5.82 Å². The van der Waals surface area contributed by atoms with Gasteiger partial charge < -0.3 is 10.6 Å². The normalized spacial score (nSPS) is 10.3. The molecule has 136 valence electrons. The van der Waals surface area contributed by atoms with E-state index in [0.29, 0.717) is 23.9 Å². The molecule has 0 saturated carbocycles. The van der Waals surface area contributed by atoms with Crippen molar-refractivity contribution in [3.05, 3.63) is 84.1 Å². The smallest absolute Gasteiger partial charge is 0.274 e. The van der Waals surface area contributed by atoms with Crippen LogP contribution in [0.3, 0.4) is 0 Å². The van der Waals surface area contributed by atoms with Crippen LogP contribution in [0.4, 0.5) is 11.5 Å². The van der Waals surface area contributed by atoms with E-state index in [1.807, 2.05) is 62.4 Å². The molecule has 0 fully saturated rings. The number of para-hydroxylation sites is 1. The lowest BCUT2D eigenvalue weighted by Gasteiger charge is -2.13. The minimum Gasteiger partial charge on any atom is -0.366 e. The minimum atomic E-state index is -0.270. The van der Waals surface area contributed by atoms with Crippen molar-refractivity contribution >= 4 is 17.4 Å². The lowest BCUT2D eigenvalue weighted by molar-refractivity contribution is 0.102. The molecule has 3 aromatic rings. The van der Waals surface area contributed by atoms with Crippen LogP contribution in [0, 0.1) is 13.8 Å². The average molecular weight is 358 g/mol. The first kappa shape index (κ1) is 18.3. The van der Waals surface area contributed by atoms with Gasteiger partial charge in [-0.3, -0.25) is 4.79 Å². The number of rotatable bonds is 6. The molecule has 0 saturated heterocycles. The molecule has 0 aliphatic carbocycles. The van der Waals surface area contributed by atoms with Gasteiger partial charge in [0.05, 0.1) is 0 Å². The Hall–Kier alpha value is -3.47. The molecule has 0 radical (unpaired) electrons. The summed E-state index contributed by atoms with van der Waals surface area (Å²) in [5, 5.41) is 6.12. The van der Waals surface area contributed by atoms with Crippen LogP contribution in [-0.2, 0) is 0 Å². The van der Waals surface area contributed by atoms with E-state index in [2.05, 4.69) is 27.2 Å². The van der Waals surface area contributed by atoms with Crippen LogP contribution in [0.1, 0.15) is 21.6 Å². The zero-order chi connectivity index (χ0) is 19.2. The number of aromatic nitrogens is 2. The monoisotopic (exact) mass is 358 g/mol. The van der Waals surface area contributed by atoms with Gasteiger partial charge in [-0.1, -0.05) is 54.6 Å². The first-order chi connectivity index (χ1) is 13.1. The van der Waals surface area contributed by atoms with Gasteiger partial charge in [0.25, 0.3) is 5.91 Å². The zero-order valence-electron chi connectivity index (χ0n) is 15.5. The molecule has 2 N–H and O–H groups in total. The quantitative estimate of drug-likeness (QED) is 0.632. The summed E-state index contributed by atoms with van der Waals surface area (Å²) in [6.07, 6.45) is 1.74. The molecule has 1 aromatic heterocycles. The highest BCUT2D eigenvalue weighted by molar-refractivity contribution is 6.04. The van der Waals surface area contributed by atoms with Crippen LogP contribution in [0.5, 0.6) is 0 Å². The summed E-state index contributed by atoms with van der Waals surface area (Å²) in [6, 6.07) is 17.1. The molecule has 0 aliphatic rings. The third-order valence-electron chi connectivity index (χ3n) is 4.14. The van der Waals surface area contributed by atoms with E-state index >= 15 is 0 Å². The molecule has 27 heavy (non-hydrogen) atoms. The van der Waals surface area contributed by atoms with Crippen LogP contribution in [0.15, 0.2) is 67.3 Å². The fourth-order valence-electron chi connectivity index (χ4n) is 2.74. The number of carbonyl (C=O) groups excluding carboxylic acids is 1. The van der Waals surface area contributed by atoms with E-state index in [4.69, 9.17) is 0 Å². The number of anilines is 2. The number of benzene rings is 2. The fourth-order valence-corrected chi connectivity index (χ4v) is 2.74. The minimum absolute atomic E-state index is 0.270. The Bertz CT molecular complexity index is 947. The standard InChI is InChI=1S/C22H22N4O/c1-4-13-23-19-14-18(24-21(25-19)17-11-6-5-7-12-17)22(27)26-20-15(2)9-8-10-16(20)3/h4-12,14H,1,13H2,2-3H3,(H,26,27)(H,23,24,25). The van der Waals surface area contributed by atoms with Crippen LogP contribution < -0.4 is 10.6 Å². The Morgan fingerprint density at radius 2 is 1.74 bits per heavy atom. The zero-order valence-corrected chi connectivity index (χ0v) is 15.5. The van der Waals surface area contributed by atoms with Crippen LogP contribution in [0.2, 0.25) is 0 Å². The molecular weight excluding hydrogens is 336 g/mol. The van der Waals surface area contributed by atoms with Crippen molar-refractivity contribution in [1.29, 1.82) is 0 Å². The SMILES string of the molecule is C=CCNc1cc(C(=O)Nc2c(C)cccc2C)nc(-c2ccccc2)n1. The van der Waals surface area contributed by atoms with Gasteiger partial charge in [0.1, 0.15) is 11.5 Å². The van der Waals surface area contributed by atoms with Crippen LogP contribution >= 0.6 is 0 Å². The number of carbonyl (C=O) groups is 1. The Balaban J connectivity index is 1.98. The van der Waals surface area contributed by atoms with E-state index in [-0.39, 0.29) is 5.91 Å². The largest absolute Gasteiger partial charge is 0.366 e. The molecular formula is C22H22N4O. The van der Waals surface area contributed by atoms with Crippen molar-refractivity contribution in [2.45, 2.75) is 13.8 Å². The summed E-state index contributed by atoms with van der Waals surface area (Å²) < 4.78 is 0. The first-order valence-corrected chi connectivity index (χ1v) is 8.75. The predicted molar refractivity (Wildman–Crippen MR) is 110 cm³/mol. The van der Waals surface area contributed by atoms with Gasteiger partial charge in [-0.2, -0.15) is 0 Å². The van der Waals surface area contributed by atoms with Crippen molar-refractivity contribution < 1.29 is 4.79 Å². The summed E-state index contributed by atoms with van der Waals surface area (Å²) in [5.74, 6) is 0.806. The number of aryl methyl sites for hydroxylation is 2. The Morgan fingerprint density at radius 3 is 2.41 bits per heavy atom. The molecule has 0 atom stereocenters. The van der Waals surface area contributed by atoms with Gasteiger partial charge >= 0.3 is 0 Å². The maximum Gasteiger partial charge on any atom is 0.274 e. The summed E-state index contributed by atoms with van der Waals surface area (Å²) in [6.45, 7) is 8.18. The number of amides is 1. The molecule has 0 bridgehead atoms. The van der Waals surface area contributed by atoms with Crippen molar-refractivity contribution in [2.24, 2.45) is 0 Å². The summed E-state index contributed by atoms with van der Waals surface area (Å²) in [7, 11) is 0. The van der Waals surface area contributed by atoms with Crippen LogP contribution in [-0.4, -0.2) is 22.4 Å².